The van der Waals surface area contributed by atoms with Gasteiger partial charge in [-0.05, 0) is 29.7 Å². The van der Waals surface area contributed by atoms with Gasteiger partial charge in [-0.2, -0.15) is 5.10 Å². The molecule has 0 spiro atoms. The summed E-state index contributed by atoms with van der Waals surface area (Å²) in [5.74, 6) is 1.88. The van der Waals surface area contributed by atoms with Crippen LogP contribution in [0.1, 0.15) is 43.0 Å². The lowest BCUT2D eigenvalue weighted by molar-refractivity contribution is -0.117. The standard InChI is InChI=1S/C15H19N3OS/c1-10(2)6-11-7-14(19)17-15-13(11)8-16-18(15)9-12-4-3-5-20-12/h3-5,8,10-11H,6-7,9H2,1-2H3,(H,17,19)/t11-/m1/s1. The Kier molecular flexibility index (Phi) is 3.61. The Hall–Kier alpha value is -1.62. The molecule has 2 aromatic heterocycles. The Morgan fingerprint density at radius 3 is 3.10 bits per heavy atom. The zero-order valence-electron chi connectivity index (χ0n) is 11.8. The first kappa shape index (κ1) is 13.4. The van der Waals surface area contributed by atoms with E-state index in [4.69, 9.17) is 0 Å². The Morgan fingerprint density at radius 1 is 1.55 bits per heavy atom. The maximum absolute atomic E-state index is 11.9. The predicted molar refractivity (Wildman–Crippen MR) is 81.1 cm³/mol. The SMILES string of the molecule is CC(C)C[C@@H]1CC(=O)Nc2c1cnn2Cc1cccs1. The largest absolute Gasteiger partial charge is 0.311 e. The summed E-state index contributed by atoms with van der Waals surface area (Å²) in [7, 11) is 0. The van der Waals surface area contributed by atoms with Gasteiger partial charge in [0, 0.05) is 16.9 Å². The Morgan fingerprint density at radius 2 is 2.40 bits per heavy atom. The number of nitrogens with zero attached hydrogens (tertiary/aromatic N) is 2. The van der Waals surface area contributed by atoms with Crippen molar-refractivity contribution in [3.8, 4) is 0 Å². The van der Waals surface area contributed by atoms with Crippen molar-refractivity contribution in [1.82, 2.24) is 9.78 Å². The molecule has 2 aromatic rings. The van der Waals surface area contributed by atoms with Crippen LogP contribution in [0.25, 0.3) is 0 Å². The van der Waals surface area contributed by atoms with Crippen LogP contribution >= 0.6 is 11.3 Å². The molecule has 1 amide bonds. The predicted octanol–water partition coefficient (Wildman–Crippen LogP) is 3.46. The van der Waals surface area contributed by atoms with Gasteiger partial charge in [0.15, 0.2) is 0 Å². The van der Waals surface area contributed by atoms with E-state index in [1.165, 1.54) is 10.4 Å². The van der Waals surface area contributed by atoms with Crippen molar-refractivity contribution in [2.45, 2.75) is 39.2 Å². The van der Waals surface area contributed by atoms with Crippen LogP contribution in [0.3, 0.4) is 0 Å². The van der Waals surface area contributed by atoms with Gasteiger partial charge in [-0.15, -0.1) is 11.3 Å². The molecule has 1 N–H and O–H groups in total. The first-order chi connectivity index (χ1) is 9.63. The minimum atomic E-state index is 0.107. The molecule has 3 heterocycles. The van der Waals surface area contributed by atoms with E-state index in [0.29, 0.717) is 18.3 Å². The average molecular weight is 289 g/mol. The molecule has 5 heteroatoms. The van der Waals surface area contributed by atoms with E-state index in [2.05, 4.69) is 35.7 Å². The molecule has 1 aliphatic rings. The van der Waals surface area contributed by atoms with Crippen molar-refractivity contribution in [3.05, 3.63) is 34.2 Å². The number of anilines is 1. The van der Waals surface area contributed by atoms with Crippen LogP contribution in [0.4, 0.5) is 5.82 Å². The molecule has 0 aromatic carbocycles. The van der Waals surface area contributed by atoms with Gasteiger partial charge in [-0.1, -0.05) is 19.9 Å². The quantitative estimate of drug-likeness (QED) is 0.937. The molecule has 1 atom stereocenters. The van der Waals surface area contributed by atoms with Gasteiger partial charge in [-0.3, -0.25) is 4.79 Å². The maximum atomic E-state index is 11.9. The summed E-state index contributed by atoms with van der Waals surface area (Å²) < 4.78 is 1.91. The number of thiophene rings is 1. The van der Waals surface area contributed by atoms with Gasteiger partial charge in [0.05, 0.1) is 12.7 Å². The van der Waals surface area contributed by atoms with Gasteiger partial charge < -0.3 is 5.32 Å². The highest BCUT2D eigenvalue weighted by molar-refractivity contribution is 7.09. The highest BCUT2D eigenvalue weighted by atomic mass is 32.1. The third kappa shape index (κ3) is 2.63. The summed E-state index contributed by atoms with van der Waals surface area (Å²) in [6, 6.07) is 4.13. The minimum Gasteiger partial charge on any atom is -0.311 e. The van der Waals surface area contributed by atoms with Crippen LogP contribution < -0.4 is 5.32 Å². The van der Waals surface area contributed by atoms with Crippen molar-refractivity contribution in [2.75, 3.05) is 5.32 Å². The van der Waals surface area contributed by atoms with Crippen molar-refractivity contribution in [3.63, 3.8) is 0 Å². The summed E-state index contributed by atoms with van der Waals surface area (Å²) in [4.78, 5) is 13.2. The number of rotatable bonds is 4. The Labute approximate surface area is 122 Å². The molecule has 0 saturated carbocycles. The summed E-state index contributed by atoms with van der Waals surface area (Å²) in [6.45, 7) is 5.12. The van der Waals surface area contributed by atoms with Crippen molar-refractivity contribution in [1.29, 1.82) is 0 Å². The van der Waals surface area contributed by atoms with Gasteiger partial charge in [0.25, 0.3) is 0 Å². The molecule has 0 saturated heterocycles. The molecule has 0 aliphatic carbocycles. The van der Waals surface area contributed by atoms with Crippen LogP contribution in [-0.2, 0) is 11.3 Å². The number of amides is 1. The number of carbonyl (C=O) groups is 1. The fraction of sp³-hybridized carbons (Fsp3) is 0.467. The van der Waals surface area contributed by atoms with Gasteiger partial charge in [0.2, 0.25) is 5.91 Å². The number of hydrogen-bond acceptors (Lipinski definition) is 3. The first-order valence-electron chi connectivity index (χ1n) is 7.01. The second-order valence-electron chi connectivity index (χ2n) is 5.76. The van der Waals surface area contributed by atoms with Crippen molar-refractivity contribution in [2.24, 2.45) is 5.92 Å². The second kappa shape index (κ2) is 5.40. The van der Waals surface area contributed by atoms with Crippen molar-refractivity contribution >= 4 is 23.1 Å². The third-order valence-corrected chi connectivity index (χ3v) is 4.50. The fourth-order valence-electron chi connectivity index (χ4n) is 2.80. The Bertz CT molecular complexity index is 601. The lowest BCUT2D eigenvalue weighted by atomic mass is 9.87. The van der Waals surface area contributed by atoms with E-state index in [9.17, 15) is 4.79 Å². The van der Waals surface area contributed by atoms with E-state index in [1.807, 2.05) is 16.9 Å². The summed E-state index contributed by atoms with van der Waals surface area (Å²) in [5, 5.41) is 9.52. The number of nitrogens with one attached hydrogen (secondary N) is 1. The highest BCUT2D eigenvalue weighted by Crippen LogP contribution is 2.36. The number of hydrogen-bond donors (Lipinski definition) is 1. The van der Waals surface area contributed by atoms with Crippen LogP contribution in [0, 0.1) is 5.92 Å². The number of fused-ring (bicyclic) bond motifs is 1. The molecule has 0 radical (unpaired) electrons. The molecule has 20 heavy (non-hydrogen) atoms. The zero-order chi connectivity index (χ0) is 14.1. The van der Waals surface area contributed by atoms with E-state index in [-0.39, 0.29) is 5.91 Å². The topological polar surface area (TPSA) is 46.9 Å². The fourth-order valence-corrected chi connectivity index (χ4v) is 3.49. The van der Waals surface area contributed by atoms with E-state index < -0.39 is 0 Å². The van der Waals surface area contributed by atoms with Gasteiger partial charge in [0.1, 0.15) is 5.82 Å². The second-order valence-corrected chi connectivity index (χ2v) is 6.80. The number of carbonyl (C=O) groups excluding carboxylic acids is 1. The monoisotopic (exact) mass is 289 g/mol. The lowest BCUT2D eigenvalue weighted by Crippen LogP contribution is -2.25. The number of aromatic nitrogens is 2. The normalized spacial score (nSPS) is 18.1. The van der Waals surface area contributed by atoms with Gasteiger partial charge in [-0.25, -0.2) is 4.68 Å². The molecular weight excluding hydrogens is 270 g/mol. The average Bonchev–Trinajstić information content (AvgIpc) is 3.00. The first-order valence-corrected chi connectivity index (χ1v) is 7.89. The molecule has 0 bridgehead atoms. The minimum absolute atomic E-state index is 0.107. The molecule has 4 nitrogen and oxygen atoms in total. The van der Waals surface area contributed by atoms with Crippen LogP contribution in [0.15, 0.2) is 23.7 Å². The summed E-state index contributed by atoms with van der Waals surface area (Å²) >= 11 is 1.71. The molecule has 1 aliphatic heterocycles. The molecule has 0 unspecified atom stereocenters. The third-order valence-electron chi connectivity index (χ3n) is 3.64. The highest BCUT2D eigenvalue weighted by Gasteiger charge is 2.29. The summed E-state index contributed by atoms with van der Waals surface area (Å²) in [6.07, 6.45) is 3.54. The van der Waals surface area contributed by atoms with E-state index in [1.54, 1.807) is 11.3 Å². The Balaban J connectivity index is 1.89. The molecule has 106 valence electrons. The van der Waals surface area contributed by atoms with Crippen LogP contribution in [-0.4, -0.2) is 15.7 Å². The van der Waals surface area contributed by atoms with Crippen molar-refractivity contribution < 1.29 is 4.79 Å². The maximum Gasteiger partial charge on any atom is 0.226 e. The van der Waals surface area contributed by atoms with Crippen LogP contribution in [0.5, 0.6) is 0 Å². The molecular formula is C15H19N3OS. The summed E-state index contributed by atoms with van der Waals surface area (Å²) in [5.41, 5.74) is 1.19. The van der Waals surface area contributed by atoms with E-state index in [0.717, 1.165) is 18.8 Å². The zero-order valence-corrected chi connectivity index (χ0v) is 12.6. The lowest BCUT2D eigenvalue weighted by Gasteiger charge is -2.24. The smallest absolute Gasteiger partial charge is 0.226 e. The van der Waals surface area contributed by atoms with Gasteiger partial charge >= 0.3 is 0 Å². The molecule has 0 fully saturated rings. The molecule has 3 rings (SSSR count). The van der Waals surface area contributed by atoms with Crippen LogP contribution in [0.2, 0.25) is 0 Å². The van der Waals surface area contributed by atoms with E-state index >= 15 is 0 Å².